The average molecular weight is 354 g/mol. The van der Waals surface area contributed by atoms with Crippen LogP contribution in [0.25, 0.3) is 11.4 Å². The van der Waals surface area contributed by atoms with Crippen molar-refractivity contribution in [1.82, 2.24) is 15.0 Å². The Morgan fingerprint density at radius 3 is 2.96 bits per heavy atom. The number of nitro groups is 1. The summed E-state index contributed by atoms with van der Waals surface area (Å²) in [7, 11) is 0. The van der Waals surface area contributed by atoms with E-state index in [4.69, 9.17) is 10.3 Å². The number of halogens is 1. The maximum absolute atomic E-state index is 10.8. The molecule has 0 saturated carbocycles. The zero-order chi connectivity index (χ0) is 16.4. The van der Waals surface area contributed by atoms with E-state index in [2.05, 4.69) is 22.0 Å². The lowest BCUT2D eigenvalue weighted by Crippen LogP contribution is -2.31. The van der Waals surface area contributed by atoms with Crippen molar-refractivity contribution < 1.29 is 9.45 Å². The Labute approximate surface area is 145 Å². The number of rotatable bonds is 5. The van der Waals surface area contributed by atoms with Crippen LogP contribution in [-0.4, -0.2) is 39.6 Å². The molecule has 1 atom stereocenters. The molecule has 0 spiro atoms. The van der Waals surface area contributed by atoms with Gasteiger partial charge in [-0.25, -0.2) is 0 Å². The van der Waals surface area contributed by atoms with Crippen LogP contribution in [0.5, 0.6) is 0 Å². The molecule has 1 aliphatic heterocycles. The molecular weight excluding hydrogens is 334 g/mol. The Morgan fingerprint density at radius 2 is 2.29 bits per heavy atom. The third kappa shape index (κ3) is 3.89. The molecule has 0 aliphatic carbocycles. The van der Waals surface area contributed by atoms with Crippen LogP contribution in [-0.2, 0) is 6.54 Å². The first kappa shape index (κ1) is 18.3. The molecule has 8 nitrogen and oxygen atoms in total. The van der Waals surface area contributed by atoms with Crippen LogP contribution < -0.4 is 5.73 Å². The molecule has 0 amide bonds. The Balaban J connectivity index is 0.00000208. The van der Waals surface area contributed by atoms with E-state index in [1.54, 1.807) is 12.1 Å². The number of non-ortho nitro benzene ring substituents is 1. The first-order chi connectivity index (χ1) is 11.0. The van der Waals surface area contributed by atoms with E-state index in [1.807, 2.05) is 0 Å². The number of benzene rings is 1. The molecule has 1 aromatic heterocycles. The highest BCUT2D eigenvalue weighted by molar-refractivity contribution is 5.85. The normalized spacial score (nSPS) is 20.8. The predicted molar refractivity (Wildman–Crippen MR) is 90.7 cm³/mol. The van der Waals surface area contributed by atoms with Crippen molar-refractivity contribution in [1.29, 1.82) is 0 Å². The molecule has 24 heavy (non-hydrogen) atoms. The van der Waals surface area contributed by atoms with Gasteiger partial charge in [-0.1, -0.05) is 24.2 Å². The largest absolute Gasteiger partial charge is 0.338 e. The van der Waals surface area contributed by atoms with Gasteiger partial charge in [0.15, 0.2) is 0 Å². The molecule has 130 valence electrons. The van der Waals surface area contributed by atoms with E-state index < -0.39 is 4.92 Å². The second kappa shape index (κ2) is 7.25. The highest BCUT2D eigenvalue weighted by Crippen LogP contribution is 2.29. The molecule has 9 heteroatoms. The van der Waals surface area contributed by atoms with E-state index in [-0.39, 0.29) is 23.5 Å². The number of hydrogen-bond donors (Lipinski definition) is 1. The zero-order valence-corrected chi connectivity index (χ0v) is 14.2. The highest BCUT2D eigenvalue weighted by atomic mass is 35.5. The van der Waals surface area contributed by atoms with Gasteiger partial charge in [0.05, 0.1) is 11.5 Å². The fourth-order valence-corrected chi connectivity index (χ4v) is 2.81. The van der Waals surface area contributed by atoms with Crippen molar-refractivity contribution in [2.45, 2.75) is 19.9 Å². The molecule has 1 saturated heterocycles. The van der Waals surface area contributed by atoms with E-state index in [0.717, 1.165) is 19.5 Å². The third-order valence-electron chi connectivity index (χ3n) is 4.27. The van der Waals surface area contributed by atoms with Gasteiger partial charge in [0.1, 0.15) is 0 Å². The minimum absolute atomic E-state index is 0. The Kier molecular flexibility index (Phi) is 5.53. The summed E-state index contributed by atoms with van der Waals surface area (Å²) in [5.41, 5.74) is 6.53. The van der Waals surface area contributed by atoms with Gasteiger partial charge in [-0.3, -0.25) is 15.0 Å². The lowest BCUT2D eigenvalue weighted by molar-refractivity contribution is -0.384. The summed E-state index contributed by atoms with van der Waals surface area (Å²) in [5.74, 6) is 0.872. The molecule has 0 bridgehead atoms. The number of likely N-dealkylation sites (tertiary alicyclic amines) is 1. The Hall–Kier alpha value is -2.03. The van der Waals surface area contributed by atoms with Crippen LogP contribution in [0.2, 0.25) is 0 Å². The maximum Gasteiger partial charge on any atom is 0.270 e. The van der Waals surface area contributed by atoms with Crippen LogP contribution in [0.15, 0.2) is 28.8 Å². The summed E-state index contributed by atoms with van der Waals surface area (Å²) in [4.78, 5) is 17.0. The SMILES string of the molecule is CC1(CN)CCN(Cc2nc(-c3cccc([N+](=O)[O-])c3)no2)C1.Cl. The molecule has 1 unspecified atom stereocenters. The molecule has 0 radical (unpaired) electrons. The van der Waals surface area contributed by atoms with Crippen molar-refractivity contribution in [2.75, 3.05) is 19.6 Å². The van der Waals surface area contributed by atoms with Gasteiger partial charge in [-0.05, 0) is 24.9 Å². The number of nitrogens with two attached hydrogens (primary N) is 1. The Morgan fingerprint density at radius 1 is 1.50 bits per heavy atom. The van der Waals surface area contributed by atoms with Crippen molar-refractivity contribution in [3.8, 4) is 11.4 Å². The standard InChI is InChI=1S/C15H19N5O3.ClH/c1-15(9-16)5-6-19(10-15)8-13-17-14(18-23-13)11-3-2-4-12(7-11)20(21)22;/h2-4,7H,5-6,8-10,16H2,1H3;1H. The number of nitrogens with zero attached hydrogens (tertiary/aromatic N) is 4. The van der Waals surface area contributed by atoms with Gasteiger partial charge < -0.3 is 10.3 Å². The van der Waals surface area contributed by atoms with Crippen LogP contribution >= 0.6 is 12.4 Å². The predicted octanol–water partition coefficient (Wildman–Crippen LogP) is 2.24. The van der Waals surface area contributed by atoms with E-state index in [0.29, 0.717) is 30.4 Å². The number of hydrogen-bond acceptors (Lipinski definition) is 7. The highest BCUT2D eigenvalue weighted by Gasteiger charge is 2.33. The summed E-state index contributed by atoms with van der Waals surface area (Å²) in [6.45, 7) is 5.25. The van der Waals surface area contributed by atoms with E-state index in [1.165, 1.54) is 12.1 Å². The smallest absolute Gasteiger partial charge is 0.270 e. The summed E-state index contributed by atoms with van der Waals surface area (Å²) < 4.78 is 5.28. The first-order valence-corrected chi connectivity index (χ1v) is 7.49. The fourth-order valence-electron chi connectivity index (χ4n) is 2.81. The maximum atomic E-state index is 10.8. The molecule has 3 rings (SSSR count). The number of nitro benzene ring substituents is 1. The summed E-state index contributed by atoms with van der Waals surface area (Å²) in [6.07, 6.45) is 1.05. The molecular formula is C15H20ClN5O3. The minimum Gasteiger partial charge on any atom is -0.338 e. The summed E-state index contributed by atoms with van der Waals surface area (Å²) >= 11 is 0. The number of aromatic nitrogens is 2. The van der Waals surface area contributed by atoms with Gasteiger partial charge in [-0.15, -0.1) is 12.4 Å². The van der Waals surface area contributed by atoms with Crippen LogP contribution in [0.1, 0.15) is 19.2 Å². The topological polar surface area (TPSA) is 111 Å². The van der Waals surface area contributed by atoms with Gasteiger partial charge >= 0.3 is 0 Å². The summed E-state index contributed by atoms with van der Waals surface area (Å²) in [5, 5.41) is 14.8. The lowest BCUT2D eigenvalue weighted by Gasteiger charge is -2.21. The first-order valence-electron chi connectivity index (χ1n) is 7.49. The fraction of sp³-hybridized carbons (Fsp3) is 0.467. The lowest BCUT2D eigenvalue weighted by atomic mass is 9.90. The molecule has 2 heterocycles. The third-order valence-corrected chi connectivity index (χ3v) is 4.27. The monoisotopic (exact) mass is 353 g/mol. The Bertz CT molecular complexity index is 723. The van der Waals surface area contributed by atoms with Gasteiger partial charge in [0.2, 0.25) is 11.7 Å². The molecule has 2 N–H and O–H groups in total. The van der Waals surface area contributed by atoms with Gasteiger partial charge in [-0.2, -0.15) is 4.98 Å². The van der Waals surface area contributed by atoms with Crippen molar-refractivity contribution in [3.05, 3.63) is 40.3 Å². The van der Waals surface area contributed by atoms with Crippen LogP contribution in [0.4, 0.5) is 5.69 Å². The van der Waals surface area contributed by atoms with Gasteiger partial charge in [0.25, 0.3) is 5.69 Å². The van der Waals surface area contributed by atoms with Crippen molar-refractivity contribution in [2.24, 2.45) is 11.1 Å². The van der Waals surface area contributed by atoms with Crippen LogP contribution in [0.3, 0.4) is 0 Å². The molecule has 1 fully saturated rings. The van der Waals surface area contributed by atoms with Crippen molar-refractivity contribution >= 4 is 18.1 Å². The molecule has 2 aromatic rings. The molecule has 1 aliphatic rings. The van der Waals surface area contributed by atoms with Gasteiger partial charge in [0, 0.05) is 24.2 Å². The van der Waals surface area contributed by atoms with Crippen molar-refractivity contribution in [3.63, 3.8) is 0 Å². The quantitative estimate of drug-likeness (QED) is 0.648. The molecule has 1 aromatic carbocycles. The van der Waals surface area contributed by atoms with E-state index in [9.17, 15) is 10.1 Å². The van der Waals surface area contributed by atoms with E-state index >= 15 is 0 Å². The van der Waals surface area contributed by atoms with Crippen LogP contribution in [0, 0.1) is 15.5 Å². The zero-order valence-electron chi connectivity index (χ0n) is 13.3. The second-order valence-corrected chi connectivity index (χ2v) is 6.29. The second-order valence-electron chi connectivity index (χ2n) is 6.29. The average Bonchev–Trinajstić information content (AvgIpc) is 3.15. The minimum atomic E-state index is -0.442. The summed E-state index contributed by atoms with van der Waals surface area (Å²) in [6, 6.07) is 6.21.